The molecular weight excluding hydrogens is 204 g/mol. The molecule has 16 heavy (non-hydrogen) atoms. The molecule has 0 saturated carbocycles. The topological polar surface area (TPSA) is 50.4 Å². The van der Waals surface area contributed by atoms with Gasteiger partial charge in [0.1, 0.15) is 0 Å². The van der Waals surface area contributed by atoms with Crippen molar-refractivity contribution in [1.82, 2.24) is 10.6 Å². The number of hydrogen-bond acceptors (Lipinski definition) is 3. The molecule has 92 valence electrons. The second kappa shape index (κ2) is 5.15. The second-order valence-electron chi connectivity index (χ2n) is 4.83. The zero-order chi connectivity index (χ0) is 11.4. The van der Waals surface area contributed by atoms with Crippen LogP contribution < -0.4 is 10.6 Å². The van der Waals surface area contributed by atoms with Gasteiger partial charge in [0.25, 0.3) is 0 Å². The Bertz CT molecular complexity index is 243. The normalized spacial score (nSPS) is 31.6. The third kappa shape index (κ3) is 2.38. The highest BCUT2D eigenvalue weighted by atomic mass is 16.5. The van der Waals surface area contributed by atoms with E-state index in [-0.39, 0.29) is 11.4 Å². The van der Waals surface area contributed by atoms with Crippen molar-refractivity contribution in [3.8, 4) is 0 Å². The summed E-state index contributed by atoms with van der Waals surface area (Å²) in [5, 5.41) is 6.54. The largest absolute Gasteiger partial charge is 0.381 e. The quantitative estimate of drug-likeness (QED) is 0.749. The summed E-state index contributed by atoms with van der Waals surface area (Å²) in [5.41, 5.74) is -0.293. The molecule has 4 heteroatoms. The van der Waals surface area contributed by atoms with Crippen LogP contribution in [0.25, 0.3) is 0 Å². The molecule has 2 aliphatic rings. The third-order valence-corrected chi connectivity index (χ3v) is 3.84. The summed E-state index contributed by atoms with van der Waals surface area (Å²) in [6.07, 6.45) is 4.85. The smallest absolute Gasteiger partial charge is 0.240 e. The fourth-order valence-corrected chi connectivity index (χ4v) is 2.63. The van der Waals surface area contributed by atoms with Crippen molar-refractivity contribution in [3.63, 3.8) is 0 Å². The Kier molecular flexibility index (Phi) is 3.82. The Balaban J connectivity index is 1.90. The van der Waals surface area contributed by atoms with Gasteiger partial charge in [-0.1, -0.05) is 6.92 Å². The number of rotatable bonds is 3. The molecule has 0 aliphatic carbocycles. The number of hydrogen-bond donors (Lipinski definition) is 2. The highest BCUT2D eigenvalue weighted by Gasteiger charge is 2.39. The highest BCUT2D eigenvalue weighted by molar-refractivity contribution is 5.86. The van der Waals surface area contributed by atoms with Crippen LogP contribution in [0.5, 0.6) is 0 Å². The third-order valence-electron chi connectivity index (χ3n) is 3.84. The Hall–Kier alpha value is -0.610. The fourth-order valence-electron chi connectivity index (χ4n) is 2.63. The predicted octanol–water partition coefficient (Wildman–Crippen LogP) is 0.814. The molecule has 2 rings (SSSR count). The summed E-state index contributed by atoms with van der Waals surface area (Å²) in [6.45, 7) is 4.60. The van der Waals surface area contributed by atoms with Crippen LogP contribution >= 0.6 is 0 Å². The number of nitrogens with one attached hydrogen (secondary N) is 2. The Morgan fingerprint density at radius 2 is 2.25 bits per heavy atom. The summed E-state index contributed by atoms with van der Waals surface area (Å²) in [5.74, 6) is 0.194. The van der Waals surface area contributed by atoms with E-state index in [1.165, 1.54) is 0 Å². The molecule has 0 bridgehead atoms. The van der Waals surface area contributed by atoms with Crippen molar-refractivity contribution in [2.45, 2.75) is 50.6 Å². The van der Waals surface area contributed by atoms with Crippen LogP contribution in [0.2, 0.25) is 0 Å². The van der Waals surface area contributed by atoms with Crippen LogP contribution in [-0.4, -0.2) is 37.2 Å². The summed E-state index contributed by atoms with van der Waals surface area (Å²) >= 11 is 0. The minimum absolute atomic E-state index is 0.194. The van der Waals surface area contributed by atoms with E-state index in [0.29, 0.717) is 6.04 Å². The van der Waals surface area contributed by atoms with E-state index in [2.05, 4.69) is 17.6 Å². The van der Waals surface area contributed by atoms with Gasteiger partial charge in [0.05, 0.1) is 5.54 Å². The number of ether oxygens (including phenoxy) is 1. The average molecular weight is 226 g/mol. The lowest BCUT2D eigenvalue weighted by Gasteiger charge is -2.31. The van der Waals surface area contributed by atoms with E-state index in [9.17, 15) is 4.79 Å². The van der Waals surface area contributed by atoms with Crippen LogP contribution in [0.1, 0.15) is 39.0 Å². The highest BCUT2D eigenvalue weighted by Crippen LogP contribution is 2.23. The van der Waals surface area contributed by atoms with Gasteiger partial charge in [0.15, 0.2) is 0 Å². The molecule has 2 heterocycles. The summed E-state index contributed by atoms with van der Waals surface area (Å²) < 4.78 is 5.29. The lowest BCUT2D eigenvalue weighted by molar-refractivity contribution is -0.128. The Morgan fingerprint density at radius 1 is 1.50 bits per heavy atom. The molecule has 0 radical (unpaired) electrons. The van der Waals surface area contributed by atoms with Crippen LogP contribution in [0.3, 0.4) is 0 Å². The van der Waals surface area contributed by atoms with E-state index < -0.39 is 0 Å². The Morgan fingerprint density at radius 3 is 2.81 bits per heavy atom. The first-order chi connectivity index (χ1) is 7.77. The molecule has 2 aliphatic heterocycles. The van der Waals surface area contributed by atoms with E-state index >= 15 is 0 Å². The van der Waals surface area contributed by atoms with Gasteiger partial charge >= 0.3 is 0 Å². The monoisotopic (exact) mass is 226 g/mol. The second-order valence-corrected chi connectivity index (χ2v) is 4.83. The van der Waals surface area contributed by atoms with Crippen LogP contribution in [0.4, 0.5) is 0 Å². The van der Waals surface area contributed by atoms with Crippen LogP contribution in [0.15, 0.2) is 0 Å². The minimum atomic E-state index is -0.293. The first kappa shape index (κ1) is 11.9. The molecule has 0 aromatic rings. The maximum absolute atomic E-state index is 12.3. The lowest BCUT2D eigenvalue weighted by atomic mass is 9.92. The van der Waals surface area contributed by atoms with E-state index in [1.54, 1.807) is 0 Å². The summed E-state index contributed by atoms with van der Waals surface area (Å²) in [6, 6.07) is 0.312. The summed E-state index contributed by atoms with van der Waals surface area (Å²) in [4.78, 5) is 12.3. The number of carbonyl (C=O) groups is 1. The lowest BCUT2D eigenvalue weighted by Crippen LogP contribution is -2.56. The van der Waals surface area contributed by atoms with Gasteiger partial charge in [-0.2, -0.15) is 0 Å². The maximum atomic E-state index is 12.3. The first-order valence-electron chi connectivity index (χ1n) is 6.40. The first-order valence-corrected chi connectivity index (χ1v) is 6.40. The standard InChI is InChI=1S/C12H22N2O2/c1-2-12(6-3-7-13-12)11(15)14-10-4-8-16-9-5-10/h10,13H,2-9H2,1H3,(H,14,15). The van der Waals surface area contributed by atoms with Crippen LogP contribution in [0, 0.1) is 0 Å². The molecular formula is C12H22N2O2. The maximum Gasteiger partial charge on any atom is 0.240 e. The molecule has 0 spiro atoms. The van der Waals surface area contributed by atoms with Gasteiger partial charge in [0, 0.05) is 19.3 Å². The van der Waals surface area contributed by atoms with Crippen molar-refractivity contribution < 1.29 is 9.53 Å². The average Bonchev–Trinajstić information content (AvgIpc) is 2.80. The summed E-state index contributed by atoms with van der Waals surface area (Å²) in [7, 11) is 0. The van der Waals surface area contributed by atoms with Crippen molar-refractivity contribution >= 4 is 5.91 Å². The zero-order valence-electron chi connectivity index (χ0n) is 10.1. The fraction of sp³-hybridized carbons (Fsp3) is 0.917. The SMILES string of the molecule is CCC1(C(=O)NC2CCOCC2)CCCN1. The molecule has 1 amide bonds. The number of amides is 1. The van der Waals surface area contributed by atoms with Crippen molar-refractivity contribution in [2.24, 2.45) is 0 Å². The van der Waals surface area contributed by atoms with E-state index in [0.717, 1.165) is 51.9 Å². The molecule has 0 aromatic heterocycles. The molecule has 2 saturated heterocycles. The molecule has 2 fully saturated rings. The molecule has 4 nitrogen and oxygen atoms in total. The van der Waals surface area contributed by atoms with E-state index in [1.807, 2.05) is 0 Å². The van der Waals surface area contributed by atoms with E-state index in [4.69, 9.17) is 4.74 Å². The molecule has 0 aromatic carbocycles. The predicted molar refractivity (Wildman–Crippen MR) is 62.2 cm³/mol. The van der Waals surface area contributed by atoms with Crippen molar-refractivity contribution in [3.05, 3.63) is 0 Å². The molecule has 1 atom stereocenters. The molecule has 1 unspecified atom stereocenters. The van der Waals surface area contributed by atoms with Gasteiger partial charge in [-0.05, 0) is 38.6 Å². The number of carbonyl (C=O) groups excluding carboxylic acids is 1. The van der Waals surface area contributed by atoms with Gasteiger partial charge in [0.2, 0.25) is 5.91 Å². The minimum Gasteiger partial charge on any atom is -0.381 e. The Labute approximate surface area is 97.1 Å². The zero-order valence-corrected chi connectivity index (χ0v) is 10.1. The van der Waals surface area contributed by atoms with Crippen molar-refractivity contribution in [2.75, 3.05) is 19.8 Å². The van der Waals surface area contributed by atoms with Crippen molar-refractivity contribution in [1.29, 1.82) is 0 Å². The van der Waals surface area contributed by atoms with Gasteiger partial charge in [-0.25, -0.2) is 0 Å². The molecule has 2 N–H and O–H groups in total. The van der Waals surface area contributed by atoms with Crippen LogP contribution in [-0.2, 0) is 9.53 Å². The van der Waals surface area contributed by atoms with Gasteiger partial charge < -0.3 is 15.4 Å². The van der Waals surface area contributed by atoms with Gasteiger partial charge in [-0.15, -0.1) is 0 Å². The van der Waals surface area contributed by atoms with Gasteiger partial charge in [-0.3, -0.25) is 4.79 Å².